The van der Waals surface area contributed by atoms with Gasteiger partial charge in [0.15, 0.2) is 0 Å². The SMILES string of the molecule is Cl.N#CCc1ccc(S(=O)(=O)N2CCC(CN)C2)cc1. The maximum absolute atomic E-state index is 12.4. The standard InChI is InChI=1S/C13H17N3O2S.ClH/c14-7-5-11-1-3-13(4-2-11)19(17,18)16-8-6-12(9-15)10-16;/h1-4,12H,5-6,8-10,15H2;1H. The van der Waals surface area contributed by atoms with Crippen LogP contribution in [0.25, 0.3) is 0 Å². The molecule has 0 aromatic heterocycles. The lowest BCUT2D eigenvalue weighted by Crippen LogP contribution is -2.30. The summed E-state index contributed by atoms with van der Waals surface area (Å²) in [7, 11) is -3.42. The first-order valence-electron chi connectivity index (χ1n) is 6.24. The Morgan fingerprint density at radius 1 is 1.35 bits per heavy atom. The maximum atomic E-state index is 12.4. The largest absolute Gasteiger partial charge is 0.330 e. The molecule has 1 saturated heterocycles. The highest BCUT2D eigenvalue weighted by molar-refractivity contribution is 7.89. The highest BCUT2D eigenvalue weighted by Gasteiger charge is 2.31. The summed E-state index contributed by atoms with van der Waals surface area (Å²) in [5, 5.41) is 8.59. The first-order chi connectivity index (χ1) is 9.07. The van der Waals surface area contributed by atoms with Crippen LogP contribution >= 0.6 is 12.4 Å². The molecule has 7 heteroatoms. The third-order valence-electron chi connectivity index (χ3n) is 3.43. The van der Waals surface area contributed by atoms with Gasteiger partial charge in [-0.15, -0.1) is 12.4 Å². The third-order valence-corrected chi connectivity index (χ3v) is 5.31. The van der Waals surface area contributed by atoms with Crippen LogP contribution in [0.2, 0.25) is 0 Å². The summed E-state index contributed by atoms with van der Waals surface area (Å²) in [5.74, 6) is 0.257. The van der Waals surface area contributed by atoms with Gasteiger partial charge in [0, 0.05) is 13.1 Å². The van der Waals surface area contributed by atoms with Crippen molar-refractivity contribution in [1.29, 1.82) is 5.26 Å². The van der Waals surface area contributed by atoms with E-state index in [0.29, 0.717) is 26.1 Å². The van der Waals surface area contributed by atoms with Gasteiger partial charge in [-0.25, -0.2) is 8.42 Å². The van der Waals surface area contributed by atoms with Gasteiger partial charge >= 0.3 is 0 Å². The first-order valence-corrected chi connectivity index (χ1v) is 7.68. The van der Waals surface area contributed by atoms with E-state index in [-0.39, 0.29) is 23.2 Å². The van der Waals surface area contributed by atoms with Crippen molar-refractivity contribution in [3.63, 3.8) is 0 Å². The lowest BCUT2D eigenvalue weighted by molar-refractivity contribution is 0.459. The minimum Gasteiger partial charge on any atom is -0.330 e. The molecule has 2 rings (SSSR count). The smallest absolute Gasteiger partial charge is 0.243 e. The lowest BCUT2D eigenvalue weighted by Gasteiger charge is -2.16. The second kappa shape index (κ2) is 7.04. The molecule has 0 spiro atoms. The van der Waals surface area contributed by atoms with Gasteiger partial charge in [-0.05, 0) is 36.6 Å². The number of nitrogens with zero attached hydrogens (tertiary/aromatic N) is 2. The number of nitrogens with two attached hydrogens (primary N) is 1. The molecular weight excluding hydrogens is 298 g/mol. The van der Waals surface area contributed by atoms with Gasteiger partial charge in [0.2, 0.25) is 10.0 Å². The van der Waals surface area contributed by atoms with Gasteiger partial charge < -0.3 is 5.73 Å². The van der Waals surface area contributed by atoms with E-state index in [0.717, 1.165) is 12.0 Å². The average Bonchev–Trinajstić information content (AvgIpc) is 2.89. The zero-order chi connectivity index (χ0) is 13.9. The molecule has 110 valence electrons. The zero-order valence-corrected chi connectivity index (χ0v) is 12.7. The summed E-state index contributed by atoms with van der Waals surface area (Å²) in [5.41, 5.74) is 6.40. The van der Waals surface area contributed by atoms with Crippen molar-refractivity contribution >= 4 is 22.4 Å². The van der Waals surface area contributed by atoms with Crippen LogP contribution in [0.5, 0.6) is 0 Å². The summed E-state index contributed by atoms with van der Waals surface area (Å²) in [6.45, 7) is 1.55. The van der Waals surface area contributed by atoms with E-state index >= 15 is 0 Å². The second-order valence-electron chi connectivity index (χ2n) is 4.73. The molecule has 0 bridgehead atoms. The van der Waals surface area contributed by atoms with E-state index in [1.807, 2.05) is 6.07 Å². The van der Waals surface area contributed by atoms with E-state index in [1.54, 1.807) is 24.3 Å². The molecule has 1 unspecified atom stereocenters. The minimum atomic E-state index is -3.42. The first kappa shape index (κ1) is 16.9. The van der Waals surface area contributed by atoms with E-state index in [4.69, 9.17) is 11.0 Å². The Kier molecular flexibility index (Phi) is 5.96. The van der Waals surface area contributed by atoms with Crippen molar-refractivity contribution < 1.29 is 8.42 Å². The number of rotatable bonds is 4. The number of benzene rings is 1. The molecular formula is C13H18ClN3O2S. The molecule has 0 saturated carbocycles. The van der Waals surface area contributed by atoms with Gasteiger partial charge in [-0.3, -0.25) is 0 Å². The van der Waals surface area contributed by atoms with Crippen LogP contribution in [0.1, 0.15) is 12.0 Å². The van der Waals surface area contributed by atoms with Crippen LogP contribution in [-0.2, 0) is 16.4 Å². The lowest BCUT2D eigenvalue weighted by atomic mass is 10.1. The van der Waals surface area contributed by atoms with Crippen LogP contribution in [0.4, 0.5) is 0 Å². The van der Waals surface area contributed by atoms with Crippen LogP contribution in [0, 0.1) is 17.2 Å². The summed E-state index contributed by atoms with van der Waals surface area (Å²) in [6, 6.07) is 8.55. The molecule has 5 nitrogen and oxygen atoms in total. The summed E-state index contributed by atoms with van der Waals surface area (Å²) >= 11 is 0. The van der Waals surface area contributed by atoms with Crippen LogP contribution < -0.4 is 5.73 Å². The Balaban J connectivity index is 0.00000200. The summed E-state index contributed by atoms with van der Waals surface area (Å²) in [6.07, 6.45) is 1.11. The zero-order valence-electron chi connectivity index (χ0n) is 11.0. The van der Waals surface area contributed by atoms with Crippen LogP contribution in [0.15, 0.2) is 29.2 Å². The number of hydrogen-bond acceptors (Lipinski definition) is 4. The second-order valence-corrected chi connectivity index (χ2v) is 6.67. The predicted molar refractivity (Wildman–Crippen MR) is 78.9 cm³/mol. The van der Waals surface area contributed by atoms with Crippen molar-refractivity contribution in [3.05, 3.63) is 29.8 Å². The number of sulfonamides is 1. The van der Waals surface area contributed by atoms with Crippen molar-refractivity contribution in [2.75, 3.05) is 19.6 Å². The van der Waals surface area contributed by atoms with E-state index in [2.05, 4.69) is 0 Å². The quantitative estimate of drug-likeness (QED) is 0.902. The molecule has 0 aliphatic carbocycles. The van der Waals surface area contributed by atoms with Crippen molar-refractivity contribution in [3.8, 4) is 6.07 Å². The molecule has 1 aliphatic rings. The molecule has 1 atom stereocenters. The maximum Gasteiger partial charge on any atom is 0.243 e. The highest BCUT2D eigenvalue weighted by atomic mass is 35.5. The average molecular weight is 316 g/mol. The topological polar surface area (TPSA) is 87.2 Å². The van der Waals surface area contributed by atoms with Gasteiger partial charge in [-0.2, -0.15) is 9.57 Å². The molecule has 2 N–H and O–H groups in total. The number of halogens is 1. The van der Waals surface area contributed by atoms with E-state index in [9.17, 15) is 8.42 Å². The van der Waals surface area contributed by atoms with E-state index in [1.165, 1.54) is 4.31 Å². The van der Waals surface area contributed by atoms with Gasteiger partial charge in [0.25, 0.3) is 0 Å². The fraction of sp³-hybridized carbons (Fsp3) is 0.462. The molecule has 1 aromatic rings. The van der Waals surface area contributed by atoms with Gasteiger partial charge in [0.1, 0.15) is 0 Å². The van der Waals surface area contributed by atoms with Crippen molar-refractivity contribution in [1.82, 2.24) is 4.31 Å². The fourth-order valence-corrected chi connectivity index (χ4v) is 3.76. The highest BCUT2D eigenvalue weighted by Crippen LogP contribution is 2.24. The molecule has 1 fully saturated rings. The minimum absolute atomic E-state index is 0. The van der Waals surface area contributed by atoms with Gasteiger partial charge in [0.05, 0.1) is 17.4 Å². The van der Waals surface area contributed by atoms with Crippen LogP contribution in [-0.4, -0.2) is 32.4 Å². The summed E-state index contributed by atoms with van der Waals surface area (Å²) in [4.78, 5) is 0.284. The van der Waals surface area contributed by atoms with Crippen molar-refractivity contribution in [2.24, 2.45) is 11.7 Å². The Morgan fingerprint density at radius 3 is 2.50 bits per heavy atom. The summed E-state index contributed by atoms with van der Waals surface area (Å²) < 4.78 is 26.3. The monoisotopic (exact) mass is 315 g/mol. The normalized spacial score (nSPS) is 19.3. The number of hydrogen-bond donors (Lipinski definition) is 1. The Hall–Kier alpha value is -1.13. The Morgan fingerprint density at radius 2 is 2.00 bits per heavy atom. The molecule has 1 heterocycles. The Labute approximate surface area is 125 Å². The molecule has 1 aliphatic heterocycles. The van der Waals surface area contributed by atoms with Crippen molar-refractivity contribution in [2.45, 2.75) is 17.7 Å². The van der Waals surface area contributed by atoms with Gasteiger partial charge in [-0.1, -0.05) is 12.1 Å². The molecule has 1 aromatic carbocycles. The molecule has 20 heavy (non-hydrogen) atoms. The fourth-order valence-electron chi connectivity index (χ4n) is 2.23. The third kappa shape index (κ3) is 3.49. The number of nitriles is 1. The molecule has 0 amide bonds. The Bertz CT molecular complexity index is 581. The predicted octanol–water partition coefficient (Wildman–Crippen LogP) is 1.14. The van der Waals surface area contributed by atoms with E-state index < -0.39 is 10.0 Å². The van der Waals surface area contributed by atoms with Crippen LogP contribution in [0.3, 0.4) is 0 Å². The molecule has 0 radical (unpaired) electrons.